The number of hydrogen-bond acceptors (Lipinski definition) is 1. The van der Waals surface area contributed by atoms with E-state index in [1.807, 2.05) is 0 Å². The van der Waals surface area contributed by atoms with Gasteiger partial charge in [0, 0.05) is 5.57 Å². The Kier molecular flexibility index (Phi) is 2.84. The Labute approximate surface area is 50.8 Å². The average molecular weight is 136 g/mol. The van der Waals surface area contributed by atoms with Crippen LogP contribution in [0.25, 0.3) is 0 Å². The Balaban J connectivity index is 4.00. The molecular weight excluding hydrogens is 130 g/mol. The minimum Gasteiger partial charge on any atom is -0.478 e. The van der Waals surface area contributed by atoms with Crippen molar-refractivity contribution >= 4 is 5.97 Å². The molecule has 0 aliphatic rings. The molecule has 0 radical (unpaired) electrons. The SMILES string of the molecule is C/C(=C\C(F)F)C(=O)O. The van der Waals surface area contributed by atoms with Gasteiger partial charge in [0.1, 0.15) is 0 Å². The van der Waals surface area contributed by atoms with Crippen LogP contribution in [0.1, 0.15) is 6.92 Å². The van der Waals surface area contributed by atoms with E-state index in [-0.39, 0.29) is 5.57 Å². The van der Waals surface area contributed by atoms with E-state index in [0.29, 0.717) is 6.08 Å². The summed E-state index contributed by atoms with van der Waals surface area (Å²) in [7, 11) is 0. The minimum absolute atomic E-state index is 0.329. The van der Waals surface area contributed by atoms with E-state index in [4.69, 9.17) is 5.11 Å². The lowest BCUT2D eigenvalue weighted by atomic mass is 10.3. The number of carboxylic acids is 1. The molecule has 52 valence electrons. The van der Waals surface area contributed by atoms with Crippen molar-refractivity contribution < 1.29 is 18.7 Å². The van der Waals surface area contributed by atoms with Crippen LogP contribution in [-0.4, -0.2) is 17.5 Å². The summed E-state index contributed by atoms with van der Waals surface area (Å²) in [5.41, 5.74) is -0.329. The third kappa shape index (κ3) is 3.64. The number of rotatable bonds is 2. The third-order valence-electron chi connectivity index (χ3n) is 0.713. The molecule has 0 amide bonds. The highest BCUT2D eigenvalue weighted by atomic mass is 19.3. The van der Waals surface area contributed by atoms with Gasteiger partial charge in [-0.1, -0.05) is 0 Å². The van der Waals surface area contributed by atoms with Crippen LogP contribution in [0, 0.1) is 0 Å². The minimum atomic E-state index is -2.68. The van der Waals surface area contributed by atoms with E-state index in [1.54, 1.807) is 0 Å². The molecule has 2 nitrogen and oxygen atoms in total. The van der Waals surface area contributed by atoms with Gasteiger partial charge in [-0.05, 0) is 13.0 Å². The van der Waals surface area contributed by atoms with Crippen molar-refractivity contribution in [2.24, 2.45) is 0 Å². The van der Waals surface area contributed by atoms with Gasteiger partial charge in [0.05, 0.1) is 0 Å². The molecule has 0 aromatic carbocycles. The summed E-state index contributed by atoms with van der Waals surface area (Å²) in [5, 5.41) is 8.03. The molecule has 0 atom stereocenters. The number of hydrogen-bond donors (Lipinski definition) is 1. The molecule has 0 bridgehead atoms. The summed E-state index contributed by atoms with van der Waals surface area (Å²) in [4.78, 5) is 9.83. The molecule has 0 saturated heterocycles. The molecule has 0 heterocycles. The van der Waals surface area contributed by atoms with Gasteiger partial charge >= 0.3 is 5.97 Å². The molecule has 0 saturated carbocycles. The molecule has 0 aliphatic heterocycles. The molecule has 0 aromatic heterocycles. The maximum atomic E-state index is 11.3. The van der Waals surface area contributed by atoms with E-state index in [0.717, 1.165) is 6.92 Å². The summed E-state index contributed by atoms with van der Waals surface area (Å²) in [6, 6.07) is 0. The summed E-state index contributed by atoms with van der Waals surface area (Å²) in [5.74, 6) is -1.31. The molecule has 0 aromatic rings. The van der Waals surface area contributed by atoms with Crippen molar-refractivity contribution in [2.75, 3.05) is 0 Å². The van der Waals surface area contributed by atoms with Crippen molar-refractivity contribution in [1.29, 1.82) is 0 Å². The van der Waals surface area contributed by atoms with E-state index >= 15 is 0 Å². The van der Waals surface area contributed by atoms with Crippen molar-refractivity contribution in [3.05, 3.63) is 11.6 Å². The predicted octanol–water partition coefficient (Wildman–Crippen LogP) is 1.28. The summed E-state index contributed by atoms with van der Waals surface area (Å²) in [6.45, 7) is 1.12. The van der Waals surface area contributed by atoms with Gasteiger partial charge in [-0.3, -0.25) is 0 Å². The zero-order chi connectivity index (χ0) is 7.44. The number of halogens is 2. The van der Waals surface area contributed by atoms with Crippen LogP contribution in [-0.2, 0) is 4.79 Å². The van der Waals surface area contributed by atoms with Gasteiger partial charge in [-0.25, -0.2) is 13.6 Å². The lowest BCUT2D eigenvalue weighted by Crippen LogP contribution is -1.98. The normalized spacial score (nSPS) is 12.2. The molecule has 0 unspecified atom stereocenters. The van der Waals surface area contributed by atoms with Gasteiger partial charge in [-0.15, -0.1) is 0 Å². The van der Waals surface area contributed by atoms with Gasteiger partial charge in [0.25, 0.3) is 6.43 Å². The number of carbonyl (C=O) groups is 1. The van der Waals surface area contributed by atoms with E-state index in [9.17, 15) is 13.6 Å². The standard InChI is InChI=1S/C5H6F2O2/c1-3(5(8)9)2-4(6)7/h2,4H,1H3,(H,8,9)/b3-2+. The smallest absolute Gasteiger partial charge is 0.331 e. The maximum absolute atomic E-state index is 11.3. The average Bonchev–Trinajstić information content (AvgIpc) is 1.63. The van der Waals surface area contributed by atoms with Crippen LogP contribution in [0.4, 0.5) is 8.78 Å². The second-order valence-electron chi connectivity index (χ2n) is 1.49. The first-order chi connectivity index (χ1) is 4.04. The first-order valence-electron chi connectivity index (χ1n) is 2.24. The first-order valence-corrected chi connectivity index (χ1v) is 2.24. The summed E-state index contributed by atoms with van der Waals surface area (Å²) < 4.78 is 22.6. The Morgan fingerprint density at radius 3 is 2.22 bits per heavy atom. The van der Waals surface area contributed by atoms with Crippen LogP contribution in [0.15, 0.2) is 11.6 Å². The van der Waals surface area contributed by atoms with Crippen LogP contribution in [0.3, 0.4) is 0 Å². The van der Waals surface area contributed by atoms with E-state index < -0.39 is 12.4 Å². The first kappa shape index (κ1) is 8.07. The van der Waals surface area contributed by atoms with E-state index in [2.05, 4.69) is 0 Å². The van der Waals surface area contributed by atoms with Gasteiger partial charge in [0.15, 0.2) is 0 Å². The van der Waals surface area contributed by atoms with E-state index in [1.165, 1.54) is 0 Å². The highest BCUT2D eigenvalue weighted by Gasteiger charge is 2.03. The lowest BCUT2D eigenvalue weighted by Gasteiger charge is -1.90. The van der Waals surface area contributed by atoms with Crippen molar-refractivity contribution in [2.45, 2.75) is 13.3 Å². The Morgan fingerprint density at radius 2 is 2.11 bits per heavy atom. The number of aliphatic carboxylic acids is 1. The molecule has 0 spiro atoms. The Morgan fingerprint density at radius 1 is 1.67 bits per heavy atom. The zero-order valence-electron chi connectivity index (χ0n) is 4.77. The van der Waals surface area contributed by atoms with Crippen LogP contribution < -0.4 is 0 Å². The molecule has 1 N–H and O–H groups in total. The monoisotopic (exact) mass is 136 g/mol. The van der Waals surface area contributed by atoms with Crippen LogP contribution >= 0.6 is 0 Å². The number of carboxylic acid groups (broad SMARTS) is 1. The lowest BCUT2D eigenvalue weighted by molar-refractivity contribution is -0.132. The van der Waals surface area contributed by atoms with Crippen molar-refractivity contribution in [1.82, 2.24) is 0 Å². The topological polar surface area (TPSA) is 37.3 Å². The fourth-order valence-electron chi connectivity index (χ4n) is 0.260. The van der Waals surface area contributed by atoms with Crippen LogP contribution in [0.5, 0.6) is 0 Å². The summed E-state index contributed by atoms with van der Waals surface area (Å²) >= 11 is 0. The third-order valence-corrected chi connectivity index (χ3v) is 0.713. The molecular formula is C5H6F2O2. The Bertz CT molecular complexity index is 140. The highest BCUT2D eigenvalue weighted by molar-refractivity contribution is 5.85. The molecule has 0 aliphatic carbocycles. The highest BCUT2D eigenvalue weighted by Crippen LogP contribution is 1.99. The number of alkyl halides is 2. The largest absolute Gasteiger partial charge is 0.478 e. The zero-order valence-corrected chi connectivity index (χ0v) is 4.77. The second kappa shape index (κ2) is 3.17. The fourth-order valence-corrected chi connectivity index (χ4v) is 0.260. The van der Waals surface area contributed by atoms with Crippen molar-refractivity contribution in [3.63, 3.8) is 0 Å². The fraction of sp³-hybridized carbons (Fsp3) is 0.400. The molecule has 9 heavy (non-hydrogen) atoms. The second-order valence-corrected chi connectivity index (χ2v) is 1.49. The van der Waals surface area contributed by atoms with Gasteiger partial charge in [-0.2, -0.15) is 0 Å². The van der Waals surface area contributed by atoms with Gasteiger partial charge in [0.2, 0.25) is 0 Å². The van der Waals surface area contributed by atoms with Crippen molar-refractivity contribution in [3.8, 4) is 0 Å². The Hall–Kier alpha value is -0.930. The molecule has 0 rings (SSSR count). The number of allylic oxidation sites excluding steroid dienone is 1. The quantitative estimate of drug-likeness (QED) is 0.580. The maximum Gasteiger partial charge on any atom is 0.331 e. The van der Waals surface area contributed by atoms with Gasteiger partial charge < -0.3 is 5.11 Å². The summed E-state index contributed by atoms with van der Waals surface area (Å²) in [6.07, 6.45) is -2.29. The molecule has 0 fully saturated rings. The predicted molar refractivity (Wildman–Crippen MR) is 27.4 cm³/mol. The molecule has 4 heteroatoms. The van der Waals surface area contributed by atoms with Crippen LogP contribution in [0.2, 0.25) is 0 Å².